The van der Waals surface area contributed by atoms with Crippen molar-refractivity contribution >= 4 is 17.7 Å². The second-order valence-electron chi connectivity index (χ2n) is 5.83. The number of nitrogens with one attached hydrogen (secondary N) is 1. The van der Waals surface area contributed by atoms with E-state index in [0.717, 1.165) is 23.6 Å². The molecule has 0 saturated heterocycles. The van der Waals surface area contributed by atoms with Gasteiger partial charge in [0.05, 0.1) is 6.54 Å². The number of amides is 1. The average Bonchev–Trinajstić information content (AvgIpc) is 2.99. The molecular weight excluding hydrogens is 330 g/mol. The molecule has 0 spiro atoms. The van der Waals surface area contributed by atoms with Crippen molar-refractivity contribution in [2.24, 2.45) is 0 Å². The topological polar surface area (TPSA) is 133 Å². The van der Waals surface area contributed by atoms with Crippen LogP contribution in [0.25, 0.3) is 0 Å². The average molecular weight is 355 g/mol. The zero-order chi connectivity index (χ0) is 18.7. The standard InChI is InChI=1S/C15H25N5O5/c1-2-3-4-5-6-7-10-16-14(21)9-8-11-18-12-13(19(22)23)17-15(18)20(24)25/h12H,2-11H2,1H3,(H,16,21). The summed E-state index contributed by atoms with van der Waals surface area (Å²) >= 11 is 0. The molecule has 1 heterocycles. The fourth-order valence-electron chi connectivity index (χ4n) is 2.42. The van der Waals surface area contributed by atoms with Crippen molar-refractivity contribution in [3.05, 3.63) is 26.4 Å². The van der Waals surface area contributed by atoms with Crippen LogP contribution in [0, 0.1) is 20.2 Å². The Labute approximate surface area is 145 Å². The van der Waals surface area contributed by atoms with Crippen LogP contribution in [0.4, 0.5) is 11.8 Å². The van der Waals surface area contributed by atoms with Crippen molar-refractivity contribution < 1.29 is 14.6 Å². The molecule has 1 N–H and O–H groups in total. The lowest BCUT2D eigenvalue weighted by Crippen LogP contribution is -2.24. The van der Waals surface area contributed by atoms with Crippen LogP contribution in [0.1, 0.15) is 58.3 Å². The molecule has 0 aromatic carbocycles. The first kappa shape index (κ1) is 20.5. The number of carbonyl (C=O) groups excluding carboxylic acids is 1. The fraction of sp³-hybridized carbons (Fsp3) is 0.733. The largest absolute Gasteiger partial charge is 0.438 e. The first-order valence-corrected chi connectivity index (χ1v) is 8.58. The number of carbonyl (C=O) groups is 1. The van der Waals surface area contributed by atoms with Crippen molar-refractivity contribution in [2.45, 2.75) is 64.8 Å². The Morgan fingerprint density at radius 1 is 1.12 bits per heavy atom. The predicted octanol–water partition coefficient (Wildman–Crippen LogP) is 2.96. The maximum atomic E-state index is 11.7. The van der Waals surface area contributed by atoms with Crippen LogP contribution in [0.5, 0.6) is 0 Å². The lowest BCUT2D eigenvalue weighted by molar-refractivity contribution is -0.403. The SMILES string of the molecule is CCCCCCCCNC(=O)CCCn1cc([N+](=O)[O-])nc1[N+](=O)[O-]. The van der Waals surface area contributed by atoms with E-state index in [1.165, 1.54) is 25.7 Å². The van der Waals surface area contributed by atoms with Gasteiger partial charge in [-0.2, -0.15) is 0 Å². The van der Waals surface area contributed by atoms with Crippen LogP contribution in [0.3, 0.4) is 0 Å². The Kier molecular flexibility index (Phi) is 9.12. The van der Waals surface area contributed by atoms with Gasteiger partial charge in [0.1, 0.15) is 0 Å². The molecule has 0 unspecified atom stereocenters. The Balaban J connectivity index is 2.27. The summed E-state index contributed by atoms with van der Waals surface area (Å²) in [7, 11) is 0. The Morgan fingerprint density at radius 2 is 1.80 bits per heavy atom. The molecule has 1 aromatic rings. The summed E-state index contributed by atoms with van der Waals surface area (Å²) in [5, 5.41) is 24.3. The summed E-state index contributed by atoms with van der Waals surface area (Å²) in [5.41, 5.74) is 0. The molecule has 0 radical (unpaired) electrons. The zero-order valence-corrected chi connectivity index (χ0v) is 14.5. The summed E-state index contributed by atoms with van der Waals surface area (Å²) in [6, 6.07) is 0. The molecule has 10 heteroatoms. The number of hydrogen-bond acceptors (Lipinski definition) is 6. The molecule has 0 saturated carbocycles. The first-order valence-electron chi connectivity index (χ1n) is 8.58. The molecule has 10 nitrogen and oxygen atoms in total. The van der Waals surface area contributed by atoms with E-state index >= 15 is 0 Å². The van der Waals surface area contributed by atoms with Crippen LogP contribution in [0.15, 0.2) is 6.20 Å². The third kappa shape index (κ3) is 7.73. The number of aromatic nitrogens is 2. The van der Waals surface area contributed by atoms with Gasteiger partial charge in [0.25, 0.3) is 0 Å². The van der Waals surface area contributed by atoms with E-state index in [2.05, 4.69) is 17.2 Å². The van der Waals surface area contributed by atoms with E-state index < -0.39 is 21.6 Å². The van der Waals surface area contributed by atoms with Crippen LogP contribution < -0.4 is 5.32 Å². The van der Waals surface area contributed by atoms with Gasteiger partial charge in [-0.1, -0.05) is 39.0 Å². The number of rotatable bonds is 13. The highest BCUT2D eigenvalue weighted by molar-refractivity contribution is 5.75. The highest BCUT2D eigenvalue weighted by Gasteiger charge is 2.22. The predicted molar refractivity (Wildman–Crippen MR) is 91.2 cm³/mol. The lowest BCUT2D eigenvalue weighted by atomic mass is 10.1. The molecule has 140 valence electrons. The van der Waals surface area contributed by atoms with Gasteiger partial charge in [-0.25, -0.2) is 4.57 Å². The normalized spacial score (nSPS) is 10.6. The minimum atomic E-state index is -0.781. The Morgan fingerprint density at radius 3 is 2.44 bits per heavy atom. The van der Waals surface area contributed by atoms with Crippen LogP contribution in [-0.4, -0.2) is 31.8 Å². The zero-order valence-electron chi connectivity index (χ0n) is 14.5. The number of aryl methyl sites for hydroxylation is 1. The molecule has 1 aromatic heterocycles. The van der Waals surface area contributed by atoms with E-state index in [0.29, 0.717) is 13.0 Å². The number of hydrogen-bond donors (Lipinski definition) is 1. The number of unbranched alkanes of at least 4 members (excludes halogenated alkanes) is 5. The molecular formula is C15H25N5O5. The molecule has 0 aliphatic heterocycles. The third-order valence-corrected chi connectivity index (χ3v) is 3.75. The summed E-state index contributed by atoms with van der Waals surface area (Å²) in [6.45, 7) is 2.92. The van der Waals surface area contributed by atoms with Gasteiger partial charge in [0.2, 0.25) is 5.91 Å². The highest BCUT2D eigenvalue weighted by atomic mass is 16.6. The Bertz CT molecular complexity index is 587. The van der Waals surface area contributed by atoms with E-state index in [-0.39, 0.29) is 18.9 Å². The van der Waals surface area contributed by atoms with Crippen LogP contribution >= 0.6 is 0 Å². The minimum Gasteiger partial charge on any atom is -0.390 e. The Hall–Kier alpha value is -2.52. The number of nitro groups is 2. The van der Waals surface area contributed by atoms with Gasteiger partial charge < -0.3 is 25.5 Å². The lowest BCUT2D eigenvalue weighted by Gasteiger charge is -2.05. The fourth-order valence-corrected chi connectivity index (χ4v) is 2.42. The molecule has 0 aliphatic rings. The van der Waals surface area contributed by atoms with Gasteiger partial charge in [-0.05, 0) is 27.7 Å². The number of nitrogens with zero attached hydrogens (tertiary/aromatic N) is 4. The van der Waals surface area contributed by atoms with Gasteiger partial charge in [-0.3, -0.25) is 4.79 Å². The molecule has 0 aliphatic carbocycles. The summed E-state index contributed by atoms with van der Waals surface area (Å²) in [6.07, 6.45) is 8.44. The van der Waals surface area contributed by atoms with Crippen molar-refractivity contribution in [3.8, 4) is 0 Å². The second kappa shape index (κ2) is 11.1. The molecule has 0 atom stereocenters. The first-order chi connectivity index (χ1) is 12.0. The van der Waals surface area contributed by atoms with E-state index in [1.54, 1.807) is 0 Å². The second-order valence-corrected chi connectivity index (χ2v) is 5.83. The smallest absolute Gasteiger partial charge is 0.390 e. The van der Waals surface area contributed by atoms with Gasteiger partial charge in [0, 0.05) is 13.0 Å². The summed E-state index contributed by atoms with van der Waals surface area (Å²) < 4.78 is 1.10. The van der Waals surface area contributed by atoms with Crippen molar-refractivity contribution in [2.75, 3.05) is 6.54 Å². The third-order valence-electron chi connectivity index (χ3n) is 3.75. The van der Waals surface area contributed by atoms with Crippen molar-refractivity contribution in [3.63, 3.8) is 0 Å². The van der Waals surface area contributed by atoms with E-state index in [9.17, 15) is 25.0 Å². The molecule has 0 fully saturated rings. The van der Waals surface area contributed by atoms with Gasteiger partial charge in [-0.15, -0.1) is 0 Å². The van der Waals surface area contributed by atoms with Crippen molar-refractivity contribution in [1.82, 2.24) is 14.9 Å². The van der Waals surface area contributed by atoms with Crippen LogP contribution in [-0.2, 0) is 11.3 Å². The quantitative estimate of drug-likeness (QED) is 0.328. The summed E-state index contributed by atoms with van der Waals surface area (Å²) in [5.74, 6) is -1.27. The van der Waals surface area contributed by atoms with Gasteiger partial charge in [0.15, 0.2) is 6.20 Å². The highest BCUT2D eigenvalue weighted by Crippen LogP contribution is 2.18. The van der Waals surface area contributed by atoms with Crippen LogP contribution in [0.2, 0.25) is 0 Å². The van der Waals surface area contributed by atoms with Crippen molar-refractivity contribution in [1.29, 1.82) is 0 Å². The summed E-state index contributed by atoms with van der Waals surface area (Å²) in [4.78, 5) is 35.0. The molecule has 0 bridgehead atoms. The van der Waals surface area contributed by atoms with Gasteiger partial charge >= 0.3 is 11.8 Å². The minimum absolute atomic E-state index is 0.120. The van der Waals surface area contributed by atoms with E-state index in [1.807, 2.05) is 0 Å². The molecule has 1 rings (SSSR count). The maximum absolute atomic E-state index is 11.7. The molecule has 1 amide bonds. The molecule has 25 heavy (non-hydrogen) atoms. The monoisotopic (exact) mass is 355 g/mol. The van der Waals surface area contributed by atoms with E-state index in [4.69, 9.17) is 0 Å². The number of imidazole rings is 1. The maximum Gasteiger partial charge on any atom is 0.438 e.